The zero-order chi connectivity index (χ0) is 10.7. The number of primary amides is 1. The van der Waals surface area contributed by atoms with Crippen molar-refractivity contribution in [1.82, 2.24) is 0 Å². The van der Waals surface area contributed by atoms with Crippen LogP contribution in [0.4, 0.5) is 10.5 Å². The number of ether oxygens (including phenoxy) is 1. The van der Waals surface area contributed by atoms with Crippen molar-refractivity contribution in [2.45, 2.75) is 6.92 Å². The number of nitro benzene ring substituents is 1. The summed E-state index contributed by atoms with van der Waals surface area (Å²) in [5, 5.41) is 10.4. The summed E-state index contributed by atoms with van der Waals surface area (Å²) in [5.41, 5.74) is 5.22. The quantitative estimate of drug-likeness (QED) is 0.570. The van der Waals surface area contributed by atoms with Crippen molar-refractivity contribution >= 4 is 11.8 Å². The van der Waals surface area contributed by atoms with E-state index < -0.39 is 11.0 Å². The van der Waals surface area contributed by atoms with Gasteiger partial charge in [0.1, 0.15) is 5.75 Å². The largest absolute Gasteiger partial charge is 0.410 e. The van der Waals surface area contributed by atoms with Gasteiger partial charge in [-0.2, -0.15) is 0 Å². The minimum atomic E-state index is -0.943. The van der Waals surface area contributed by atoms with Crippen LogP contribution in [0.15, 0.2) is 18.2 Å². The molecule has 6 heteroatoms. The smallest absolute Gasteiger partial charge is 0.409 e. The molecule has 0 aliphatic heterocycles. The predicted octanol–water partition coefficient (Wildman–Crippen LogP) is 1.36. The molecule has 0 aliphatic rings. The number of benzene rings is 1. The molecule has 74 valence electrons. The van der Waals surface area contributed by atoms with Crippen LogP contribution in [0.25, 0.3) is 0 Å². The van der Waals surface area contributed by atoms with Crippen molar-refractivity contribution in [3.8, 4) is 5.75 Å². The molecule has 0 aromatic heterocycles. The number of aryl methyl sites for hydroxylation is 1. The van der Waals surface area contributed by atoms with Gasteiger partial charge in [0, 0.05) is 12.1 Å². The van der Waals surface area contributed by atoms with Crippen LogP contribution in [0.2, 0.25) is 0 Å². The fourth-order valence-electron chi connectivity index (χ4n) is 0.970. The number of carbonyl (C=O) groups is 1. The first-order chi connectivity index (χ1) is 6.50. The third-order valence-corrected chi connectivity index (χ3v) is 1.58. The molecule has 1 amide bonds. The maximum Gasteiger partial charge on any atom is 0.409 e. The highest BCUT2D eigenvalue weighted by atomic mass is 16.6. The van der Waals surface area contributed by atoms with Gasteiger partial charge in [-0.15, -0.1) is 0 Å². The van der Waals surface area contributed by atoms with Crippen molar-refractivity contribution in [3.05, 3.63) is 33.9 Å². The summed E-state index contributed by atoms with van der Waals surface area (Å²) < 4.78 is 4.60. The van der Waals surface area contributed by atoms with E-state index >= 15 is 0 Å². The first-order valence-corrected chi connectivity index (χ1v) is 3.73. The van der Waals surface area contributed by atoms with Crippen LogP contribution in [-0.2, 0) is 0 Å². The lowest BCUT2D eigenvalue weighted by Gasteiger charge is -2.03. The highest BCUT2D eigenvalue weighted by molar-refractivity contribution is 5.68. The Labute approximate surface area is 79.4 Å². The van der Waals surface area contributed by atoms with E-state index in [1.807, 2.05) is 0 Å². The van der Waals surface area contributed by atoms with Gasteiger partial charge in [0.05, 0.1) is 4.92 Å². The monoisotopic (exact) mass is 196 g/mol. The van der Waals surface area contributed by atoms with Gasteiger partial charge in [0.25, 0.3) is 5.69 Å². The molecule has 0 radical (unpaired) electrons. The third-order valence-electron chi connectivity index (χ3n) is 1.58. The molecular formula is C8H8N2O4. The summed E-state index contributed by atoms with van der Waals surface area (Å²) in [6, 6.07) is 3.88. The van der Waals surface area contributed by atoms with Crippen LogP contribution in [0.1, 0.15) is 5.56 Å². The minimum Gasteiger partial charge on any atom is -0.410 e. The van der Waals surface area contributed by atoms with Crippen LogP contribution in [0, 0.1) is 17.0 Å². The van der Waals surface area contributed by atoms with Gasteiger partial charge in [-0.25, -0.2) is 4.79 Å². The number of rotatable bonds is 2. The fraction of sp³-hybridized carbons (Fsp3) is 0.125. The van der Waals surface area contributed by atoms with E-state index in [9.17, 15) is 14.9 Å². The molecule has 0 heterocycles. The molecule has 0 saturated carbocycles. The number of amides is 1. The van der Waals surface area contributed by atoms with E-state index in [0.717, 1.165) is 0 Å². The molecule has 1 rings (SSSR count). The second-order valence-corrected chi connectivity index (χ2v) is 2.63. The molecule has 0 atom stereocenters. The SMILES string of the molecule is Cc1cc([N+](=O)[O-])ccc1OC(N)=O. The summed E-state index contributed by atoms with van der Waals surface area (Å²) in [4.78, 5) is 20.2. The lowest BCUT2D eigenvalue weighted by atomic mass is 10.2. The average Bonchev–Trinajstić information content (AvgIpc) is 2.07. The Morgan fingerprint density at radius 3 is 2.64 bits per heavy atom. The third kappa shape index (κ3) is 2.19. The van der Waals surface area contributed by atoms with E-state index in [0.29, 0.717) is 5.56 Å². The molecular weight excluding hydrogens is 188 g/mol. The molecule has 0 unspecified atom stereocenters. The van der Waals surface area contributed by atoms with Gasteiger partial charge >= 0.3 is 6.09 Å². The van der Waals surface area contributed by atoms with Crippen LogP contribution in [0.3, 0.4) is 0 Å². The Balaban J connectivity index is 3.01. The molecule has 0 saturated heterocycles. The maximum absolute atomic E-state index is 10.4. The lowest BCUT2D eigenvalue weighted by molar-refractivity contribution is -0.384. The number of nitrogens with zero attached hydrogens (tertiary/aromatic N) is 1. The zero-order valence-electron chi connectivity index (χ0n) is 7.39. The lowest BCUT2D eigenvalue weighted by Crippen LogP contribution is -2.16. The molecule has 14 heavy (non-hydrogen) atoms. The molecule has 0 fully saturated rings. The predicted molar refractivity (Wildman–Crippen MR) is 48.0 cm³/mol. The van der Waals surface area contributed by atoms with Gasteiger partial charge in [0.2, 0.25) is 0 Å². The Morgan fingerprint density at radius 2 is 2.21 bits per heavy atom. The van der Waals surface area contributed by atoms with Gasteiger partial charge in [0.15, 0.2) is 0 Å². The molecule has 1 aromatic carbocycles. The van der Waals surface area contributed by atoms with Crippen molar-refractivity contribution < 1.29 is 14.5 Å². The summed E-state index contributed by atoms with van der Waals surface area (Å²) in [5.74, 6) is 0.225. The van der Waals surface area contributed by atoms with Gasteiger partial charge < -0.3 is 10.5 Å². The second kappa shape index (κ2) is 3.73. The van der Waals surface area contributed by atoms with Crippen LogP contribution in [-0.4, -0.2) is 11.0 Å². The molecule has 0 spiro atoms. The molecule has 0 aliphatic carbocycles. The fourth-order valence-corrected chi connectivity index (χ4v) is 0.970. The molecule has 0 bridgehead atoms. The Bertz CT molecular complexity index is 389. The van der Waals surface area contributed by atoms with Crippen molar-refractivity contribution in [2.75, 3.05) is 0 Å². The van der Waals surface area contributed by atoms with Crippen LogP contribution < -0.4 is 10.5 Å². The molecule has 2 N–H and O–H groups in total. The highest BCUT2D eigenvalue weighted by Gasteiger charge is 2.09. The molecule has 6 nitrogen and oxygen atoms in total. The number of nitro groups is 1. The number of hydrogen-bond acceptors (Lipinski definition) is 4. The zero-order valence-corrected chi connectivity index (χ0v) is 7.39. The topological polar surface area (TPSA) is 95.5 Å². The highest BCUT2D eigenvalue weighted by Crippen LogP contribution is 2.22. The number of nitrogens with two attached hydrogens (primary N) is 1. The average molecular weight is 196 g/mol. The number of carbonyl (C=O) groups excluding carboxylic acids is 1. The Morgan fingerprint density at radius 1 is 1.57 bits per heavy atom. The van der Waals surface area contributed by atoms with E-state index in [2.05, 4.69) is 4.74 Å². The summed E-state index contributed by atoms with van der Waals surface area (Å²) in [7, 11) is 0. The van der Waals surface area contributed by atoms with Gasteiger partial charge in [-0.1, -0.05) is 0 Å². The van der Waals surface area contributed by atoms with E-state index in [4.69, 9.17) is 5.73 Å². The van der Waals surface area contributed by atoms with Crippen LogP contribution in [0.5, 0.6) is 5.75 Å². The molecule has 1 aromatic rings. The maximum atomic E-state index is 10.4. The summed E-state index contributed by atoms with van der Waals surface area (Å²) >= 11 is 0. The van der Waals surface area contributed by atoms with Crippen molar-refractivity contribution in [3.63, 3.8) is 0 Å². The van der Waals surface area contributed by atoms with Crippen LogP contribution >= 0.6 is 0 Å². The first-order valence-electron chi connectivity index (χ1n) is 3.73. The normalized spacial score (nSPS) is 9.50. The van der Waals surface area contributed by atoms with Crippen molar-refractivity contribution in [2.24, 2.45) is 5.73 Å². The van der Waals surface area contributed by atoms with E-state index in [1.165, 1.54) is 18.2 Å². The van der Waals surface area contributed by atoms with E-state index in [-0.39, 0.29) is 11.4 Å². The van der Waals surface area contributed by atoms with Gasteiger partial charge in [-0.05, 0) is 18.6 Å². The Kier molecular flexibility index (Phi) is 2.66. The van der Waals surface area contributed by atoms with Crippen molar-refractivity contribution in [1.29, 1.82) is 0 Å². The number of non-ortho nitro benzene ring substituents is 1. The standard InChI is InChI=1S/C8H8N2O4/c1-5-4-6(10(12)13)2-3-7(5)14-8(9)11/h2-4H,1H3,(H2,9,11). The number of hydrogen-bond donors (Lipinski definition) is 1. The minimum absolute atomic E-state index is 0.0562. The summed E-state index contributed by atoms with van der Waals surface area (Å²) in [6.07, 6.45) is -0.943. The summed E-state index contributed by atoms with van der Waals surface area (Å²) in [6.45, 7) is 1.59. The Hall–Kier alpha value is -2.11. The van der Waals surface area contributed by atoms with E-state index in [1.54, 1.807) is 6.92 Å². The first kappa shape index (κ1) is 9.97. The second-order valence-electron chi connectivity index (χ2n) is 2.63. The van der Waals surface area contributed by atoms with Gasteiger partial charge in [-0.3, -0.25) is 10.1 Å².